The molecule has 0 rings (SSSR count). The summed E-state index contributed by atoms with van der Waals surface area (Å²) in [5.41, 5.74) is 0. The van der Waals surface area contributed by atoms with Gasteiger partial charge in [-0.25, -0.2) is 0 Å². The number of rotatable bonds is 13. The Morgan fingerprint density at radius 2 is 1.35 bits per heavy atom. The maximum absolute atomic E-state index is 10.2. The summed E-state index contributed by atoms with van der Waals surface area (Å²) in [6.45, 7) is 1.04. The van der Waals surface area contributed by atoms with Crippen LogP contribution in [0.1, 0.15) is 64.2 Å². The molecule has 0 bridgehead atoms. The molecule has 100 valence electrons. The number of carboxylic acid groups (broad SMARTS) is 1. The molecule has 0 aliphatic rings. The largest absolute Gasteiger partial charge is 0.481 e. The fraction of sp³-hybridized carbons (Fsp3) is 0.846. The normalized spacial score (nSPS) is 10.1. The van der Waals surface area contributed by atoms with Gasteiger partial charge in [0.1, 0.15) is 0 Å². The standard InChI is InChI=1S/C13H24O4/c14-12-17-11-9-7-5-3-1-2-4-6-8-10-13(15)16/h12H,1-11H2,(H,15,16). The maximum Gasteiger partial charge on any atom is 0.303 e. The van der Waals surface area contributed by atoms with Crippen LogP contribution in [0.25, 0.3) is 0 Å². The maximum atomic E-state index is 10.2. The quantitative estimate of drug-likeness (QED) is 0.399. The molecule has 0 spiro atoms. The molecule has 0 saturated carbocycles. The van der Waals surface area contributed by atoms with Crippen LogP contribution in [0.2, 0.25) is 0 Å². The van der Waals surface area contributed by atoms with E-state index < -0.39 is 5.97 Å². The predicted molar refractivity (Wildman–Crippen MR) is 65.8 cm³/mol. The van der Waals surface area contributed by atoms with Crippen molar-refractivity contribution in [3.8, 4) is 0 Å². The van der Waals surface area contributed by atoms with E-state index in [1.807, 2.05) is 0 Å². The predicted octanol–water partition coefficient (Wildman–Crippen LogP) is 3.15. The Bertz CT molecular complexity index is 192. The van der Waals surface area contributed by atoms with Crippen LogP contribution in [0, 0.1) is 0 Å². The van der Waals surface area contributed by atoms with Crippen LogP contribution >= 0.6 is 0 Å². The molecule has 4 nitrogen and oxygen atoms in total. The fourth-order valence-corrected chi connectivity index (χ4v) is 1.75. The molecule has 0 saturated heterocycles. The molecule has 0 aliphatic heterocycles. The molecule has 0 aromatic carbocycles. The van der Waals surface area contributed by atoms with E-state index >= 15 is 0 Å². The topological polar surface area (TPSA) is 63.6 Å². The fourth-order valence-electron chi connectivity index (χ4n) is 1.75. The summed E-state index contributed by atoms with van der Waals surface area (Å²) in [4.78, 5) is 20.1. The van der Waals surface area contributed by atoms with E-state index in [0.717, 1.165) is 32.1 Å². The van der Waals surface area contributed by atoms with Crippen molar-refractivity contribution in [2.24, 2.45) is 0 Å². The second kappa shape index (κ2) is 13.0. The van der Waals surface area contributed by atoms with Crippen molar-refractivity contribution >= 4 is 12.4 Å². The number of carbonyl (C=O) groups is 2. The van der Waals surface area contributed by atoms with Crippen molar-refractivity contribution in [3.63, 3.8) is 0 Å². The molecule has 0 fully saturated rings. The van der Waals surface area contributed by atoms with E-state index in [1.165, 1.54) is 25.7 Å². The molecule has 0 aromatic heterocycles. The first-order chi connectivity index (χ1) is 8.27. The van der Waals surface area contributed by atoms with Crippen molar-refractivity contribution in [1.82, 2.24) is 0 Å². The Hall–Kier alpha value is -1.06. The lowest BCUT2D eigenvalue weighted by molar-refractivity contribution is -0.137. The van der Waals surface area contributed by atoms with Crippen molar-refractivity contribution < 1.29 is 19.4 Å². The summed E-state index contributed by atoms with van der Waals surface area (Å²) < 4.78 is 4.60. The summed E-state index contributed by atoms with van der Waals surface area (Å²) in [6, 6.07) is 0. The molecule has 1 N–H and O–H groups in total. The van der Waals surface area contributed by atoms with Crippen LogP contribution in [0.4, 0.5) is 0 Å². The average Bonchev–Trinajstić information content (AvgIpc) is 2.30. The van der Waals surface area contributed by atoms with Gasteiger partial charge >= 0.3 is 5.97 Å². The van der Waals surface area contributed by atoms with E-state index in [9.17, 15) is 9.59 Å². The molecule has 0 unspecified atom stereocenters. The highest BCUT2D eigenvalue weighted by molar-refractivity contribution is 5.66. The zero-order chi connectivity index (χ0) is 12.8. The van der Waals surface area contributed by atoms with Crippen LogP contribution in [0.3, 0.4) is 0 Å². The van der Waals surface area contributed by atoms with Gasteiger partial charge < -0.3 is 9.84 Å². The van der Waals surface area contributed by atoms with E-state index in [0.29, 0.717) is 19.5 Å². The van der Waals surface area contributed by atoms with E-state index in [4.69, 9.17) is 5.11 Å². The number of unbranched alkanes of at least 4 members (excludes halogenated alkanes) is 8. The monoisotopic (exact) mass is 244 g/mol. The Kier molecular flexibility index (Phi) is 12.2. The van der Waals surface area contributed by atoms with Gasteiger partial charge in [-0.2, -0.15) is 0 Å². The van der Waals surface area contributed by atoms with E-state index in [-0.39, 0.29) is 0 Å². The van der Waals surface area contributed by atoms with Crippen LogP contribution in [0.5, 0.6) is 0 Å². The number of hydrogen-bond acceptors (Lipinski definition) is 3. The molecule has 4 heteroatoms. The summed E-state index contributed by atoms with van der Waals surface area (Å²) in [6.07, 6.45) is 10.2. The van der Waals surface area contributed by atoms with Gasteiger partial charge in [-0.05, 0) is 12.8 Å². The number of aliphatic carboxylic acids is 1. The number of hydrogen-bond donors (Lipinski definition) is 1. The van der Waals surface area contributed by atoms with Crippen molar-refractivity contribution in [2.45, 2.75) is 64.2 Å². The lowest BCUT2D eigenvalue weighted by atomic mass is 10.1. The molecule has 0 atom stereocenters. The first-order valence-electron chi connectivity index (χ1n) is 6.54. The molecule has 17 heavy (non-hydrogen) atoms. The van der Waals surface area contributed by atoms with E-state index in [2.05, 4.69) is 4.74 Å². The third kappa shape index (κ3) is 14.9. The minimum atomic E-state index is -0.692. The highest BCUT2D eigenvalue weighted by Crippen LogP contribution is 2.10. The highest BCUT2D eigenvalue weighted by atomic mass is 16.5. The molecular formula is C13H24O4. The van der Waals surface area contributed by atoms with Gasteiger partial charge in [-0.3, -0.25) is 9.59 Å². The van der Waals surface area contributed by atoms with Crippen molar-refractivity contribution in [3.05, 3.63) is 0 Å². The number of carbonyl (C=O) groups excluding carboxylic acids is 1. The third-order valence-corrected chi connectivity index (χ3v) is 2.72. The van der Waals surface area contributed by atoms with Crippen LogP contribution in [-0.2, 0) is 14.3 Å². The van der Waals surface area contributed by atoms with Crippen molar-refractivity contribution in [1.29, 1.82) is 0 Å². The second-order valence-electron chi connectivity index (χ2n) is 4.29. The van der Waals surface area contributed by atoms with Gasteiger partial charge in [0, 0.05) is 6.42 Å². The Morgan fingerprint density at radius 3 is 1.82 bits per heavy atom. The van der Waals surface area contributed by atoms with E-state index in [1.54, 1.807) is 0 Å². The Balaban J connectivity index is 2.94. The molecule has 0 heterocycles. The lowest BCUT2D eigenvalue weighted by Gasteiger charge is -2.01. The molecule has 0 amide bonds. The molecule has 0 radical (unpaired) electrons. The lowest BCUT2D eigenvalue weighted by Crippen LogP contribution is -1.93. The first kappa shape index (κ1) is 15.9. The third-order valence-electron chi connectivity index (χ3n) is 2.72. The summed E-state index contributed by atoms with van der Waals surface area (Å²) in [5, 5.41) is 8.44. The van der Waals surface area contributed by atoms with Gasteiger partial charge in [0.15, 0.2) is 0 Å². The van der Waals surface area contributed by atoms with Crippen LogP contribution in [0.15, 0.2) is 0 Å². The SMILES string of the molecule is O=COCCCCCCCCCCCC(=O)O. The molecule has 0 aromatic rings. The minimum Gasteiger partial charge on any atom is -0.481 e. The zero-order valence-electron chi connectivity index (χ0n) is 10.5. The number of ether oxygens (including phenoxy) is 1. The minimum absolute atomic E-state index is 0.302. The van der Waals surface area contributed by atoms with Gasteiger partial charge in [0.05, 0.1) is 6.61 Å². The second-order valence-corrected chi connectivity index (χ2v) is 4.29. The smallest absolute Gasteiger partial charge is 0.303 e. The summed E-state index contributed by atoms with van der Waals surface area (Å²) >= 11 is 0. The van der Waals surface area contributed by atoms with Crippen LogP contribution in [-0.4, -0.2) is 24.2 Å². The molecular weight excluding hydrogens is 220 g/mol. The highest BCUT2D eigenvalue weighted by Gasteiger charge is 1.96. The molecule has 0 aliphatic carbocycles. The van der Waals surface area contributed by atoms with Gasteiger partial charge in [-0.1, -0.05) is 44.9 Å². The van der Waals surface area contributed by atoms with Gasteiger partial charge in [0.25, 0.3) is 6.47 Å². The summed E-state index contributed by atoms with van der Waals surface area (Å²) in [5.74, 6) is -0.692. The van der Waals surface area contributed by atoms with Gasteiger partial charge in [0.2, 0.25) is 0 Å². The Labute approximate surface area is 103 Å². The van der Waals surface area contributed by atoms with Crippen LogP contribution < -0.4 is 0 Å². The van der Waals surface area contributed by atoms with Crippen molar-refractivity contribution in [2.75, 3.05) is 6.61 Å². The Morgan fingerprint density at radius 1 is 0.882 bits per heavy atom. The zero-order valence-corrected chi connectivity index (χ0v) is 10.5. The first-order valence-corrected chi connectivity index (χ1v) is 6.54. The number of carboxylic acids is 1. The summed E-state index contributed by atoms with van der Waals surface area (Å²) in [7, 11) is 0. The van der Waals surface area contributed by atoms with Gasteiger partial charge in [-0.15, -0.1) is 0 Å². The average molecular weight is 244 g/mol.